The highest BCUT2D eigenvalue weighted by Crippen LogP contribution is 2.48. The van der Waals surface area contributed by atoms with Crippen molar-refractivity contribution in [2.24, 2.45) is 11.8 Å². The van der Waals surface area contributed by atoms with E-state index in [0.717, 1.165) is 52.9 Å². The Morgan fingerprint density at radius 3 is 2.41 bits per heavy atom. The molecule has 4 aromatic rings. The Bertz CT molecular complexity index is 1440. The van der Waals surface area contributed by atoms with Gasteiger partial charge >= 0.3 is 6.09 Å². The molecule has 0 aliphatic heterocycles. The number of methoxy groups -OCH3 is 1. The zero-order valence-electron chi connectivity index (χ0n) is 22.5. The third-order valence-corrected chi connectivity index (χ3v) is 8.37. The molecular weight excluding hydrogens is 486 g/mol. The quantitative estimate of drug-likeness (QED) is 0.271. The molecule has 6 rings (SSSR count). The van der Waals surface area contributed by atoms with Gasteiger partial charge in [-0.05, 0) is 72.9 Å². The number of benzene rings is 3. The molecule has 0 radical (unpaired) electrons. The normalized spacial score (nSPS) is 21.6. The van der Waals surface area contributed by atoms with E-state index in [0.29, 0.717) is 18.4 Å². The van der Waals surface area contributed by atoms with Crippen LogP contribution in [-0.4, -0.2) is 35.2 Å². The molecule has 2 aliphatic carbocycles. The predicted octanol–water partition coefficient (Wildman–Crippen LogP) is 6.97. The predicted molar refractivity (Wildman–Crippen MR) is 154 cm³/mol. The van der Waals surface area contributed by atoms with Crippen molar-refractivity contribution in [2.45, 2.75) is 51.4 Å². The lowest BCUT2D eigenvalue weighted by molar-refractivity contribution is 0.0624. The number of rotatable bonds is 8. The van der Waals surface area contributed by atoms with Gasteiger partial charge in [-0.25, -0.2) is 9.78 Å². The number of aryl methyl sites for hydroxylation is 1. The molecule has 4 atom stereocenters. The van der Waals surface area contributed by atoms with Gasteiger partial charge in [-0.3, -0.25) is 0 Å². The van der Waals surface area contributed by atoms with E-state index < -0.39 is 0 Å². The summed E-state index contributed by atoms with van der Waals surface area (Å²) >= 11 is 0. The van der Waals surface area contributed by atoms with Crippen molar-refractivity contribution in [3.05, 3.63) is 102 Å². The number of pyridine rings is 1. The van der Waals surface area contributed by atoms with Crippen molar-refractivity contribution in [1.29, 1.82) is 0 Å². The van der Waals surface area contributed by atoms with E-state index in [9.17, 15) is 4.79 Å². The van der Waals surface area contributed by atoms with Crippen LogP contribution in [-0.2, 0) is 17.9 Å². The molecule has 2 saturated carbocycles. The second kappa shape index (κ2) is 11.0. The first-order valence-electron chi connectivity index (χ1n) is 13.8. The first-order chi connectivity index (χ1) is 19.1. The minimum Gasteiger partial charge on any atom is -0.497 e. The van der Waals surface area contributed by atoms with E-state index in [2.05, 4.69) is 36.5 Å². The van der Waals surface area contributed by atoms with Crippen molar-refractivity contribution in [2.75, 3.05) is 12.4 Å². The fourth-order valence-electron chi connectivity index (χ4n) is 6.51. The van der Waals surface area contributed by atoms with Gasteiger partial charge < -0.3 is 19.7 Å². The molecule has 3 aromatic carbocycles. The fraction of sp³-hybridized carbons (Fsp3) is 0.333. The van der Waals surface area contributed by atoms with E-state index in [1.165, 1.54) is 5.56 Å². The summed E-state index contributed by atoms with van der Waals surface area (Å²) in [6.45, 7) is 2.94. The molecule has 39 heavy (non-hydrogen) atoms. The molecule has 2 fully saturated rings. The number of amides is 1. The SMILES string of the molecule is COc1ccc2c(C)cc(N[C@H]3C[C@@H]4C[C@H]3[C@@H](N(Cc3ccccc3)C(=O)OCc3ccccc3)C4)nc2c1. The first-order valence-corrected chi connectivity index (χ1v) is 13.8. The summed E-state index contributed by atoms with van der Waals surface area (Å²) < 4.78 is 11.3. The van der Waals surface area contributed by atoms with Crippen LogP contribution < -0.4 is 10.1 Å². The van der Waals surface area contributed by atoms with Crippen molar-refractivity contribution in [1.82, 2.24) is 9.88 Å². The minimum absolute atomic E-state index is 0.117. The summed E-state index contributed by atoms with van der Waals surface area (Å²) in [6.07, 6.45) is 2.97. The summed E-state index contributed by atoms with van der Waals surface area (Å²) in [5, 5.41) is 4.88. The zero-order valence-corrected chi connectivity index (χ0v) is 22.5. The summed E-state index contributed by atoms with van der Waals surface area (Å²) in [5.41, 5.74) is 4.21. The zero-order chi connectivity index (χ0) is 26.8. The van der Waals surface area contributed by atoms with Crippen LogP contribution in [0.5, 0.6) is 5.75 Å². The molecule has 0 saturated heterocycles. The Balaban J connectivity index is 1.22. The molecule has 1 N–H and O–H groups in total. The number of anilines is 1. The summed E-state index contributed by atoms with van der Waals surface area (Å²) in [5.74, 6) is 2.60. The molecule has 1 aromatic heterocycles. The molecule has 2 bridgehead atoms. The van der Waals surface area contributed by atoms with Crippen LogP contribution >= 0.6 is 0 Å². The summed E-state index contributed by atoms with van der Waals surface area (Å²) in [6, 6.07) is 28.6. The van der Waals surface area contributed by atoms with Crippen LogP contribution in [0.25, 0.3) is 10.9 Å². The Morgan fingerprint density at radius 1 is 0.949 bits per heavy atom. The Morgan fingerprint density at radius 2 is 1.69 bits per heavy atom. The van der Waals surface area contributed by atoms with Gasteiger partial charge in [0, 0.05) is 30.1 Å². The van der Waals surface area contributed by atoms with Crippen molar-refractivity contribution in [3.63, 3.8) is 0 Å². The average molecular weight is 522 g/mol. The number of carbonyl (C=O) groups is 1. The molecule has 2 aliphatic rings. The second-order valence-corrected chi connectivity index (χ2v) is 10.9. The van der Waals surface area contributed by atoms with Gasteiger partial charge in [0.05, 0.1) is 12.6 Å². The molecular formula is C33H35N3O3. The number of hydrogen-bond donors (Lipinski definition) is 1. The molecule has 6 nitrogen and oxygen atoms in total. The number of nitrogens with zero attached hydrogens (tertiary/aromatic N) is 2. The number of aromatic nitrogens is 1. The molecule has 0 spiro atoms. The van der Waals surface area contributed by atoms with E-state index in [1.807, 2.05) is 65.6 Å². The van der Waals surface area contributed by atoms with Gasteiger partial charge in [-0.2, -0.15) is 0 Å². The van der Waals surface area contributed by atoms with Crippen molar-refractivity contribution in [3.8, 4) is 5.75 Å². The third kappa shape index (κ3) is 5.42. The molecule has 200 valence electrons. The van der Waals surface area contributed by atoms with E-state index >= 15 is 0 Å². The van der Waals surface area contributed by atoms with Gasteiger partial charge in [0.1, 0.15) is 18.2 Å². The maximum Gasteiger partial charge on any atom is 0.410 e. The number of nitrogens with one attached hydrogen (secondary N) is 1. The smallest absolute Gasteiger partial charge is 0.410 e. The maximum atomic E-state index is 13.6. The largest absolute Gasteiger partial charge is 0.497 e. The Hall–Kier alpha value is -4.06. The average Bonchev–Trinajstić information content (AvgIpc) is 3.56. The van der Waals surface area contributed by atoms with E-state index in [-0.39, 0.29) is 24.8 Å². The van der Waals surface area contributed by atoms with Gasteiger partial charge in [-0.1, -0.05) is 60.7 Å². The number of ether oxygens (including phenoxy) is 2. The molecule has 1 heterocycles. The fourth-order valence-corrected chi connectivity index (χ4v) is 6.51. The molecule has 6 heteroatoms. The van der Waals surface area contributed by atoms with Crippen LogP contribution in [0.15, 0.2) is 84.9 Å². The maximum absolute atomic E-state index is 13.6. The van der Waals surface area contributed by atoms with E-state index in [4.69, 9.17) is 14.5 Å². The highest BCUT2D eigenvalue weighted by molar-refractivity contribution is 5.85. The van der Waals surface area contributed by atoms with Gasteiger partial charge in [0.25, 0.3) is 0 Å². The topological polar surface area (TPSA) is 63.7 Å². The van der Waals surface area contributed by atoms with Crippen LogP contribution in [0.4, 0.5) is 10.6 Å². The lowest BCUT2D eigenvalue weighted by atomic mass is 9.89. The van der Waals surface area contributed by atoms with E-state index in [1.54, 1.807) is 7.11 Å². The second-order valence-electron chi connectivity index (χ2n) is 10.9. The lowest BCUT2D eigenvalue weighted by Gasteiger charge is -2.38. The number of carbonyl (C=O) groups excluding carboxylic acids is 1. The van der Waals surface area contributed by atoms with Gasteiger partial charge in [0.15, 0.2) is 0 Å². The highest BCUT2D eigenvalue weighted by Gasteiger charge is 2.49. The minimum atomic E-state index is -0.245. The number of hydrogen-bond acceptors (Lipinski definition) is 5. The van der Waals surface area contributed by atoms with Gasteiger partial charge in [0.2, 0.25) is 0 Å². The van der Waals surface area contributed by atoms with Crippen LogP contribution in [0, 0.1) is 18.8 Å². The lowest BCUT2D eigenvalue weighted by Crippen LogP contribution is -2.48. The molecule has 1 amide bonds. The number of fused-ring (bicyclic) bond motifs is 3. The van der Waals surface area contributed by atoms with Crippen LogP contribution in [0.2, 0.25) is 0 Å². The molecule has 0 unspecified atom stereocenters. The van der Waals surface area contributed by atoms with Gasteiger partial charge in [-0.15, -0.1) is 0 Å². The van der Waals surface area contributed by atoms with Crippen LogP contribution in [0.3, 0.4) is 0 Å². The van der Waals surface area contributed by atoms with Crippen LogP contribution in [0.1, 0.15) is 36.0 Å². The monoisotopic (exact) mass is 521 g/mol. The standard InChI is InChI=1S/C33H35N3O3/c1-22-15-32(35-30-19-26(38-2)13-14-27(22)30)34-29-17-25-16-28(29)31(18-25)36(20-23-9-5-3-6-10-23)33(37)39-21-24-11-7-4-8-12-24/h3-15,19,25,28-29,31H,16-18,20-21H2,1-2H3,(H,34,35)/t25-,28+,29-,31-/m0/s1. The Kier molecular flexibility index (Phi) is 7.10. The van der Waals surface area contributed by atoms with Crippen molar-refractivity contribution < 1.29 is 14.3 Å². The third-order valence-electron chi connectivity index (χ3n) is 8.37. The Labute approximate surface area is 230 Å². The van der Waals surface area contributed by atoms with Crippen molar-refractivity contribution >= 4 is 22.8 Å². The summed E-state index contributed by atoms with van der Waals surface area (Å²) in [4.78, 5) is 20.5. The highest BCUT2D eigenvalue weighted by atomic mass is 16.6. The first kappa shape index (κ1) is 25.2. The summed E-state index contributed by atoms with van der Waals surface area (Å²) in [7, 11) is 1.68.